The average Bonchev–Trinajstić information content (AvgIpc) is 2.72. The number of rotatable bonds is 5. The van der Waals surface area contributed by atoms with Gasteiger partial charge in [-0.2, -0.15) is 5.26 Å². The van der Waals surface area contributed by atoms with Crippen LogP contribution in [-0.2, 0) is 9.84 Å². The molecule has 0 unspecified atom stereocenters. The third-order valence-electron chi connectivity index (χ3n) is 3.96. The first-order chi connectivity index (χ1) is 13.1. The van der Waals surface area contributed by atoms with Crippen LogP contribution in [0.2, 0.25) is 0 Å². The molecule has 0 spiro atoms. The summed E-state index contributed by atoms with van der Waals surface area (Å²) >= 11 is 0. The molecule has 3 aromatic rings. The predicted molar refractivity (Wildman–Crippen MR) is 109 cm³/mol. The summed E-state index contributed by atoms with van der Waals surface area (Å²) in [5, 5.41) is 9.34. The Kier molecular flexibility index (Phi) is 5.65. The maximum Gasteiger partial charge on any atom is 0.216 e. The van der Waals surface area contributed by atoms with Crippen LogP contribution in [0.5, 0.6) is 0 Å². The van der Waals surface area contributed by atoms with Gasteiger partial charge in [0, 0.05) is 0 Å². The second-order valence-corrected chi connectivity index (χ2v) is 7.77. The largest absolute Gasteiger partial charge is 0.218 e. The van der Waals surface area contributed by atoms with E-state index in [1.807, 2.05) is 60.7 Å². The molecule has 0 atom stereocenters. The molecule has 132 valence electrons. The van der Waals surface area contributed by atoms with Gasteiger partial charge >= 0.3 is 0 Å². The van der Waals surface area contributed by atoms with E-state index in [-0.39, 0.29) is 9.80 Å². The molecule has 0 bridgehead atoms. The number of allylic oxidation sites excluding steroid dienone is 1. The van der Waals surface area contributed by atoms with Crippen LogP contribution >= 0.6 is 0 Å². The van der Waals surface area contributed by atoms with E-state index in [4.69, 9.17) is 0 Å². The Morgan fingerprint density at radius 2 is 1.19 bits per heavy atom. The Labute approximate surface area is 159 Å². The number of nitrogens with zero attached hydrogens (tertiary/aromatic N) is 1. The van der Waals surface area contributed by atoms with Crippen molar-refractivity contribution in [3.63, 3.8) is 0 Å². The maximum absolute atomic E-state index is 12.6. The van der Waals surface area contributed by atoms with Gasteiger partial charge in [-0.15, -0.1) is 0 Å². The molecular formula is C23H17NO2S. The Hall–Kier alpha value is -3.42. The molecule has 0 aromatic heterocycles. The summed E-state index contributed by atoms with van der Waals surface area (Å²) < 4.78 is 25.2. The van der Waals surface area contributed by atoms with Crippen molar-refractivity contribution in [2.24, 2.45) is 0 Å². The van der Waals surface area contributed by atoms with Crippen molar-refractivity contribution in [2.45, 2.75) is 4.90 Å². The second-order valence-electron chi connectivity index (χ2n) is 5.85. The maximum atomic E-state index is 12.6. The van der Waals surface area contributed by atoms with Crippen LogP contribution < -0.4 is 0 Å². The van der Waals surface area contributed by atoms with Crippen LogP contribution in [0, 0.1) is 11.3 Å². The Morgan fingerprint density at radius 1 is 0.704 bits per heavy atom. The third-order valence-corrected chi connectivity index (χ3v) is 5.64. The van der Waals surface area contributed by atoms with Crippen LogP contribution in [0.15, 0.2) is 94.7 Å². The number of benzene rings is 3. The van der Waals surface area contributed by atoms with E-state index >= 15 is 0 Å². The lowest BCUT2D eigenvalue weighted by atomic mass is 10.1. The smallest absolute Gasteiger partial charge is 0.216 e. The summed E-state index contributed by atoms with van der Waals surface area (Å²) in [5.74, 6) is 0. The number of hydrogen-bond donors (Lipinski definition) is 0. The summed E-state index contributed by atoms with van der Waals surface area (Å²) in [5.41, 5.74) is 2.74. The SMILES string of the molecule is N#C/C(=C\c1ccc(/C=C/c2ccccc2)cc1)S(=O)(=O)c1ccccc1. The molecule has 0 fully saturated rings. The monoisotopic (exact) mass is 371 g/mol. The van der Waals surface area contributed by atoms with E-state index in [9.17, 15) is 13.7 Å². The molecule has 0 aliphatic heterocycles. The fourth-order valence-electron chi connectivity index (χ4n) is 2.51. The quantitative estimate of drug-likeness (QED) is 0.458. The normalized spacial score (nSPS) is 12.0. The zero-order valence-corrected chi connectivity index (χ0v) is 15.3. The highest BCUT2D eigenvalue weighted by molar-refractivity contribution is 7.95. The van der Waals surface area contributed by atoms with Gasteiger partial charge in [0.1, 0.15) is 11.0 Å². The topological polar surface area (TPSA) is 57.9 Å². The molecule has 0 N–H and O–H groups in total. The van der Waals surface area contributed by atoms with Gasteiger partial charge < -0.3 is 0 Å². The fraction of sp³-hybridized carbons (Fsp3) is 0. The van der Waals surface area contributed by atoms with Crippen molar-refractivity contribution in [2.75, 3.05) is 0 Å². The van der Waals surface area contributed by atoms with Gasteiger partial charge in [-0.05, 0) is 34.9 Å². The lowest BCUT2D eigenvalue weighted by Gasteiger charge is -2.03. The van der Waals surface area contributed by atoms with Crippen LogP contribution in [-0.4, -0.2) is 8.42 Å². The lowest BCUT2D eigenvalue weighted by molar-refractivity contribution is 0.603. The molecule has 0 saturated carbocycles. The van der Waals surface area contributed by atoms with Crippen molar-refractivity contribution in [1.29, 1.82) is 5.26 Å². The first kappa shape index (κ1) is 18.4. The molecule has 0 aliphatic carbocycles. The zero-order chi connectivity index (χ0) is 19.1. The molecule has 0 radical (unpaired) electrons. The van der Waals surface area contributed by atoms with Crippen LogP contribution in [0.4, 0.5) is 0 Å². The van der Waals surface area contributed by atoms with Gasteiger partial charge in [-0.25, -0.2) is 8.42 Å². The van der Waals surface area contributed by atoms with Gasteiger partial charge in [-0.3, -0.25) is 0 Å². The lowest BCUT2D eigenvalue weighted by Crippen LogP contribution is -2.03. The third kappa shape index (κ3) is 4.60. The van der Waals surface area contributed by atoms with Crippen LogP contribution in [0.1, 0.15) is 16.7 Å². The fourth-order valence-corrected chi connectivity index (χ4v) is 3.69. The summed E-state index contributed by atoms with van der Waals surface area (Å²) in [7, 11) is -3.82. The minimum atomic E-state index is -3.82. The Bertz CT molecular complexity index is 1110. The highest BCUT2D eigenvalue weighted by Gasteiger charge is 2.20. The molecule has 27 heavy (non-hydrogen) atoms. The van der Waals surface area contributed by atoms with E-state index in [0.29, 0.717) is 5.56 Å². The van der Waals surface area contributed by atoms with Gasteiger partial charge in [-0.1, -0.05) is 84.9 Å². The van der Waals surface area contributed by atoms with Crippen molar-refractivity contribution < 1.29 is 8.42 Å². The Morgan fingerprint density at radius 3 is 1.74 bits per heavy atom. The standard InChI is InChI=1S/C23H17NO2S/c24-18-23(27(25,26)22-9-5-2-6-10-22)17-21-15-13-20(14-16-21)12-11-19-7-3-1-4-8-19/h1-17H/b12-11+,23-17+. The van der Waals surface area contributed by atoms with Gasteiger partial charge in [0.15, 0.2) is 0 Å². The minimum Gasteiger partial charge on any atom is -0.218 e. The van der Waals surface area contributed by atoms with E-state index in [1.54, 1.807) is 30.3 Å². The summed E-state index contributed by atoms with van der Waals surface area (Å²) in [4.78, 5) is -0.165. The first-order valence-corrected chi connectivity index (χ1v) is 9.83. The molecule has 4 heteroatoms. The zero-order valence-electron chi connectivity index (χ0n) is 14.5. The summed E-state index contributed by atoms with van der Waals surface area (Å²) in [6.07, 6.45) is 5.38. The van der Waals surface area contributed by atoms with Crippen molar-refractivity contribution in [3.05, 3.63) is 107 Å². The molecule has 0 aliphatic rings. The number of hydrogen-bond acceptors (Lipinski definition) is 3. The van der Waals surface area contributed by atoms with Gasteiger partial charge in [0.2, 0.25) is 9.84 Å². The first-order valence-electron chi connectivity index (χ1n) is 8.35. The van der Waals surface area contributed by atoms with E-state index in [0.717, 1.165) is 11.1 Å². The minimum absolute atomic E-state index is 0.111. The van der Waals surface area contributed by atoms with Gasteiger partial charge in [0.25, 0.3) is 0 Å². The molecule has 0 heterocycles. The molecule has 0 saturated heterocycles. The summed E-state index contributed by atoms with van der Waals surface area (Å²) in [6, 6.07) is 27.1. The molecular weight excluding hydrogens is 354 g/mol. The number of sulfone groups is 1. The van der Waals surface area contributed by atoms with Gasteiger partial charge in [0.05, 0.1) is 4.90 Å². The van der Waals surface area contributed by atoms with E-state index in [1.165, 1.54) is 18.2 Å². The van der Waals surface area contributed by atoms with Crippen LogP contribution in [0.3, 0.4) is 0 Å². The number of nitriles is 1. The van der Waals surface area contributed by atoms with Crippen molar-refractivity contribution in [1.82, 2.24) is 0 Å². The molecule has 3 rings (SSSR count). The highest BCUT2D eigenvalue weighted by Crippen LogP contribution is 2.21. The molecule has 3 aromatic carbocycles. The van der Waals surface area contributed by atoms with Crippen molar-refractivity contribution in [3.8, 4) is 6.07 Å². The molecule has 3 nitrogen and oxygen atoms in total. The summed E-state index contributed by atoms with van der Waals surface area (Å²) in [6.45, 7) is 0. The van der Waals surface area contributed by atoms with E-state index in [2.05, 4.69) is 0 Å². The predicted octanol–water partition coefficient (Wildman–Crippen LogP) is 5.20. The Balaban J connectivity index is 1.84. The molecule has 0 amide bonds. The van der Waals surface area contributed by atoms with E-state index < -0.39 is 9.84 Å². The van der Waals surface area contributed by atoms with Crippen molar-refractivity contribution >= 4 is 28.1 Å². The average molecular weight is 371 g/mol. The van der Waals surface area contributed by atoms with Crippen LogP contribution in [0.25, 0.3) is 18.2 Å². The highest BCUT2D eigenvalue weighted by atomic mass is 32.2. The second kappa shape index (κ2) is 8.31.